The van der Waals surface area contributed by atoms with E-state index in [2.05, 4.69) is 34.1 Å². The Hall–Kier alpha value is -2.89. The third-order valence-corrected chi connectivity index (χ3v) is 4.61. The Labute approximate surface area is 153 Å². The number of urea groups is 1. The van der Waals surface area contributed by atoms with Gasteiger partial charge in [0.1, 0.15) is 11.5 Å². The fraction of sp³-hybridized carbons (Fsp3) is 0.350. The molecule has 0 radical (unpaired) electrons. The van der Waals surface area contributed by atoms with E-state index in [4.69, 9.17) is 9.47 Å². The van der Waals surface area contributed by atoms with Gasteiger partial charge in [0.25, 0.3) is 0 Å². The summed E-state index contributed by atoms with van der Waals surface area (Å²) in [5.74, 6) is 1.28. The number of carbonyl (C=O) groups is 1. The van der Waals surface area contributed by atoms with E-state index >= 15 is 0 Å². The van der Waals surface area contributed by atoms with Crippen molar-refractivity contribution in [1.29, 1.82) is 0 Å². The highest BCUT2D eigenvalue weighted by Gasteiger charge is 2.18. The molecule has 0 saturated heterocycles. The number of ether oxygens (including phenoxy) is 2. The van der Waals surface area contributed by atoms with Gasteiger partial charge >= 0.3 is 6.03 Å². The van der Waals surface area contributed by atoms with Gasteiger partial charge in [-0.2, -0.15) is 0 Å². The first-order valence-corrected chi connectivity index (χ1v) is 8.72. The van der Waals surface area contributed by atoms with Gasteiger partial charge in [0.05, 0.1) is 19.9 Å². The number of benzene rings is 2. The number of anilines is 2. The second kappa shape index (κ2) is 7.99. The van der Waals surface area contributed by atoms with Crippen LogP contribution in [0.4, 0.5) is 16.2 Å². The largest absolute Gasteiger partial charge is 0.496 e. The lowest BCUT2D eigenvalue weighted by atomic mass is 9.98. The monoisotopic (exact) mass is 355 g/mol. The fourth-order valence-corrected chi connectivity index (χ4v) is 3.19. The van der Waals surface area contributed by atoms with Crippen molar-refractivity contribution in [2.24, 2.45) is 0 Å². The van der Waals surface area contributed by atoms with E-state index in [9.17, 15) is 4.79 Å². The predicted octanol–water partition coefficient (Wildman–Crippen LogP) is 3.56. The van der Waals surface area contributed by atoms with Crippen molar-refractivity contribution >= 4 is 17.4 Å². The number of fused-ring (bicyclic) bond motifs is 1. The van der Waals surface area contributed by atoms with Gasteiger partial charge in [-0.1, -0.05) is 18.2 Å². The number of rotatable bonds is 5. The molecule has 3 N–H and O–H groups in total. The first-order valence-electron chi connectivity index (χ1n) is 8.72. The summed E-state index contributed by atoms with van der Waals surface area (Å²) < 4.78 is 10.6. The smallest absolute Gasteiger partial charge is 0.319 e. The zero-order valence-electron chi connectivity index (χ0n) is 15.4. The molecule has 3 rings (SSSR count). The van der Waals surface area contributed by atoms with Crippen molar-refractivity contribution in [2.75, 3.05) is 31.4 Å². The molecule has 0 spiro atoms. The maximum Gasteiger partial charge on any atom is 0.319 e. The van der Waals surface area contributed by atoms with E-state index < -0.39 is 0 Å². The minimum absolute atomic E-state index is 0.218. The first kappa shape index (κ1) is 17.9. The quantitative estimate of drug-likeness (QED) is 0.767. The fourth-order valence-electron chi connectivity index (χ4n) is 3.19. The Morgan fingerprint density at radius 3 is 2.73 bits per heavy atom. The molecule has 0 aliphatic carbocycles. The highest BCUT2D eigenvalue weighted by Crippen LogP contribution is 2.32. The van der Waals surface area contributed by atoms with E-state index in [1.807, 2.05) is 19.1 Å². The summed E-state index contributed by atoms with van der Waals surface area (Å²) in [6.07, 6.45) is 2.00. The molecule has 6 nitrogen and oxygen atoms in total. The Balaban J connectivity index is 1.57. The second-order valence-electron chi connectivity index (χ2n) is 6.39. The minimum Gasteiger partial charge on any atom is -0.496 e. The third-order valence-electron chi connectivity index (χ3n) is 4.61. The maximum absolute atomic E-state index is 12.3. The van der Waals surface area contributed by atoms with Gasteiger partial charge in [0.15, 0.2) is 0 Å². The van der Waals surface area contributed by atoms with Crippen LogP contribution in [0.15, 0.2) is 36.4 Å². The van der Waals surface area contributed by atoms with Crippen LogP contribution in [0, 0.1) is 6.92 Å². The molecule has 0 fully saturated rings. The van der Waals surface area contributed by atoms with Crippen LogP contribution in [0.5, 0.6) is 11.5 Å². The van der Waals surface area contributed by atoms with Crippen LogP contribution in [0.25, 0.3) is 0 Å². The number of nitrogens with one attached hydrogen (secondary N) is 3. The number of hydrogen-bond acceptors (Lipinski definition) is 4. The third kappa shape index (κ3) is 4.02. The van der Waals surface area contributed by atoms with Crippen molar-refractivity contribution in [3.05, 3.63) is 47.5 Å². The van der Waals surface area contributed by atoms with Crippen LogP contribution in [0.3, 0.4) is 0 Å². The molecule has 0 aromatic heterocycles. The van der Waals surface area contributed by atoms with Gasteiger partial charge < -0.3 is 25.4 Å². The van der Waals surface area contributed by atoms with Gasteiger partial charge in [-0.3, -0.25) is 0 Å². The molecule has 6 heteroatoms. The van der Waals surface area contributed by atoms with Crippen molar-refractivity contribution in [1.82, 2.24) is 5.32 Å². The van der Waals surface area contributed by atoms with Gasteiger partial charge in [-0.25, -0.2) is 4.79 Å². The maximum atomic E-state index is 12.3. The molecule has 2 aromatic carbocycles. The Kier molecular flexibility index (Phi) is 5.51. The summed E-state index contributed by atoms with van der Waals surface area (Å²) in [7, 11) is 3.17. The standard InChI is InChI=1S/C20H25N3O3/c1-13-10-17(19(26-3)11-18(13)25-2)23-20(24)21-12-15-9-8-14-6-4-5-7-16(14)22-15/h4-7,10-11,15,22H,8-9,12H2,1-3H3,(H2,21,23,24). The molecule has 0 bridgehead atoms. The zero-order valence-corrected chi connectivity index (χ0v) is 15.4. The number of carbonyl (C=O) groups excluding carboxylic acids is 1. The molecule has 1 aliphatic heterocycles. The molecule has 1 atom stereocenters. The first-order chi connectivity index (χ1) is 12.6. The average molecular weight is 355 g/mol. The van der Waals surface area contributed by atoms with Crippen molar-refractivity contribution in [2.45, 2.75) is 25.8 Å². The van der Waals surface area contributed by atoms with Crippen LogP contribution >= 0.6 is 0 Å². The van der Waals surface area contributed by atoms with Gasteiger partial charge in [-0.15, -0.1) is 0 Å². The summed E-state index contributed by atoms with van der Waals surface area (Å²) in [6.45, 7) is 2.47. The normalized spacial score (nSPS) is 15.4. The van der Waals surface area contributed by atoms with Crippen LogP contribution < -0.4 is 25.4 Å². The molecular weight excluding hydrogens is 330 g/mol. The number of hydrogen-bond donors (Lipinski definition) is 3. The lowest BCUT2D eigenvalue weighted by Gasteiger charge is -2.27. The lowest BCUT2D eigenvalue weighted by molar-refractivity contribution is 0.251. The van der Waals surface area contributed by atoms with Crippen molar-refractivity contribution in [3.63, 3.8) is 0 Å². The highest BCUT2D eigenvalue weighted by atomic mass is 16.5. The van der Waals surface area contributed by atoms with Crippen LogP contribution in [0.2, 0.25) is 0 Å². The summed E-state index contributed by atoms with van der Waals surface area (Å²) in [4.78, 5) is 12.3. The van der Waals surface area contributed by atoms with Crippen molar-refractivity contribution in [3.8, 4) is 11.5 Å². The molecular formula is C20H25N3O3. The number of amides is 2. The Morgan fingerprint density at radius 2 is 1.96 bits per heavy atom. The Bertz CT molecular complexity index is 792. The molecule has 26 heavy (non-hydrogen) atoms. The topological polar surface area (TPSA) is 71.6 Å². The lowest BCUT2D eigenvalue weighted by Crippen LogP contribution is -2.40. The van der Waals surface area contributed by atoms with Crippen molar-refractivity contribution < 1.29 is 14.3 Å². The summed E-state index contributed by atoms with van der Waals surface area (Å²) in [6, 6.07) is 11.9. The number of para-hydroxylation sites is 1. The highest BCUT2D eigenvalue weighted by molar-refractivity contribution is 5.91. The molecule has 2 aromatic rings. The summed E-state index contributed by atoms with van der Waals surface area (Å²) >= 11 is 0. The minimum atomic E-state index is -0.256. The van der Waals surface area contributed by atoms with E-state index in [1.54, 1.807) is 20.3 Å². The summed E-state index contributed by atoms with van der Waals surface area (Å²) in [5, 5.41) is 9.26. The van der Waals surface area contributed by atoms with Crippen LogP contribution in [-0.2, 0) is 6.42 Å². The van der Waals surface area contributed by atoms with Gasteiger partial charge in [-0.05, 0) is 43.0 Å². The number of methoxy groups -OCH3 is 2. The molecule has 1 heterocycles. The SMILES string of the molecule is COc1cc(OC)c(NC(=O)NCC2CCc3ccccc3N2)cc1C. The zero-order chi connectivity index (χ0) is 18.5. The van der Waals surface area contributed by atoms with Crippen LogP contribution in [-0.4, -0.2) is 32.8 Å². The molecule has 2 amide bonds. The molecule has 138 valence electrons. The van der Waals surface area contributed by atoms with E-state index in [1.165, 1.54) is 5.56 Å². The number of aryl methyl sites for hydroxylation is 2. The molecule has 1 unspecified atom stereocenters. The van der Waals surface area contributed by atoms with Gasteiger partial charge in [0, 0.05) is 24.3 Å². The van der Waals surface area contributed by atoms with Gasteiger partial charge in [0.2, 0.25) is 0 Å². The van der Waals surface area contributed by atoms with E-state index in [0.717, 1.165) is 29.8 Å². The Morgan fingerprint density at radius 1 is 1.19 bits per heavy atom. The van der Waals surface area contributed by atoms with E-state index in [-0.39, 0.29) is 12.1 Å². The predicted molar refractivity (Wildman–Crippen MR) is 103 cm³/mol. The molecule has 0 saturated carbocycles. The van der Waals surface area contributed by atoms with Crippen LogP contribution in [0.1, 0.15) is 17.5 Å². The second-order valence-corrected chi connectivity index (χ2v) is 6.39. The summed E-state index contributed by atoms with van der Waals surface area (Å²) in [5.41, 5.74) is 4.02. The molecule has 1 aliphatic rings. The van der Waals surface area contributed by atoms with E-state index in [0.29, 0.717) is 18.0 Å². The average Bonchev–Trinajstić information content (AvgIpc) is 2.66.